The predicted molar refractivity (Wildman–Crippen MR) is 95.7 cm³/mol. The van der Waals surface area contributed by atoms with E-state index in [4.69, 9.17) is 0 Å². The second-order valence-corrected chi connectivity index (χ2v) is 7.02. The Morgan fingerprint density at radius 2 is 1.96 bits per heavy atom. The second-order valence-electron chi connectivity index (χ2n) is 7.02. The van der Waals surface area contributed by atoms with Crippen molar-refractivity contribution in [3.05, 3.63) is 54.1 Å². The summed E-state index contributed by atoms with van der Waals surface area (Å²) < 4.78 is 4.14. The van der Waals surface area contributed by atoms with Gasteiger partial charge in [-0.25, -0.2) is 9.13 Å². The van der Waals surface area contributed by atoms with Crippen LogP contribution in [-0.4, -0.2) is 22.1 Å². The lowest BCUT2D eigenvalue weighted by Crippen LogP contribution is -3.00. The molecule has 2 N–H and O–H groups in total. The van der Waals surface area contributed by atoms with Crippen molar-refractivity contribution in [3.8, 4) is 0 Å². The van der Waals surface area contributed by atoms with Crippen molar-refractivity contribution >= 4 is 5.91 Å². The Labute approximate surface area is 172 Å². The largest absolute Gasteiger partial charge is 1.00 e. The molecular formula is C20H28IN3O2. The van der Waals surface area contributed by atoms with Gasteiger partial charge in [0.15, 0.2) is 5.60 Å². The number of imidazole rings is 1. The second kappa shape index (κ2) is 8.99. The summed E-state index contributed by atoms with van der Waals surface area (Å²) >= 11 is 0. The Hall–Kier alpha value is -1.41. The lowest BCUT2D eigenvalue weighted by molar-refractivity contribution is -0.677. The normalized spacial score (nSPS) is 16.7. The first-order valence-corrected chi connectivity index (χ1v) is 9.11. The number of halogens is 1. The Bertz CT molecular complexity index is 726. The maximum absolute atomic E-state index is 13.0. The first-order valence-electron chi connectivity index (χ1n) is 9.11. The summed E-state index contributed by atoms with van der Waals surface area (Å²) in [6.45, 7) is 3.23. The summed E-state index contributed by atoms with van der Waals surface area (Å²) in [6, 6.07) is 9.38. The van der Waals surface area contributed by atoms with Gasteiger partial charge >= 0.3 is 0 Å². The van der Waals surface area contributed by atoms with E-state index in [1.165, 1.54) is 0 Å². The van der Waals surface area contributed by atoms with Gasteiger partial charge in [0.25, 0.3) is 11.7 Å². The molecule has 0 bridgehead atoms. The van der Waals surface area contributed by atoms with E-state index >= 15 is 0 Å². The molecule has 1 atom stereocenters. The van der Waals surface area contributed by atoms with E-state index in [0.29, 0.717) is 18.7 Å². The summed E-state index contributed by atoms with van der Waals surface area (Å²) in [5.41, 5.74) is -0.739. The number of benzene rings is 1. The molecule has 0 saturated heterocycles. The molecule has 1 unspecified atom stereocenters. The number of nitrogens with zero attached hydrogens (tertiary/aromatic N) is 2. The van der Waals surface area contributed by atoms with Crippen molar-refractivity contribution in [2.24, 2.45) is 13.0 Å². The van der Waals surface area contributed by atoms with Gasteiger partial charge in [0.2, 0.25) is 0 Å². The third-order valence-electron chi connectivity index (χ3n) is 5.54. The fourth-order valence-corrected chi connectivity index (χ4v) is 3.85. The zero-order valence-corrected chi connectivity index (χ0v) is 17.6. The molecule has 1 saturated carbocycles. The van der Waals surface area contributed by atoms with Crippen molar-refractivity contribution in [3.63, 3.8) is 0 Å². The highest BCUT2D eigenvalue weighted by atomic mass is 127. The number of aryl methyl sites for hydroxylation is 1. The molecule has 1 amide bonds. The highest BCUT2D eigenvalue weighted by molar-refractivity contribution is 5.86. The zero-order chi connectivity index (χ0) is 17.9. The van der Waals surface area contributed by atoms with E-state index in [0.717, 1.165) is 31.5 Å². The van der Waals surface area contributed by atoms with Crippen molar-refractivity contribution in [2.45, 2.75) is 44.8 Å². The Balaban J connectivity index is 0.00000243. The predicted octanol–water partition coefficient (Wildman–Crippen LogP) is -1.18. The van der Waals surface area contributed by atoms with Gasteiger partial charge in [-0.1, -0.05) is 43.2 Å². The first kappa shape index (κ1) is 20.9. The summed E-state index contributed by atoms with van der Waals surface area (Å²) in [7, 11) is 2.00. The van der Waals surface area contributed by atoms with Crippen molar-refractivity contribution < 1.29 is 38.4 Å². The highest BCUT2D eigenvalue weighted by Gasteiger charge is 2.46. The van der Waals surface area contributed by atoms with Gasteiger partial charge in [-0.05, 0) is 18.4 Å². The fourth-order valence-electron chi connectivity index (χ4n) is 3.85. The van der Waals surface area contributed by atoms with E-state index in [2.05, 4.69) is 9.88 Å². The van der Waals surface area contributed by atoms with Crippen LogP contribution in [-0.2, 0) is 24.0 Å². The summed E-state index contributed by atoms with van der Waals surface area (Å²) in [6.07, 6.45) is 7.94. The van der Waals surface area contributed by atoms with Gasteiger partial charge in [-0.15, -0.1) is 0 Å². The molecule has 1 aliphatic rings. The van der Waals surface area contributed by atoms with Gasteiger partial charge in [0, 0.05) is 12.8 Å². The smallest absolute Gasteiger partial charge is 0.257 e. The molecule has 1 fully saturated rings. The van der Waals surface area contributed by atoms with E-state index in [9.17, 15) is 9.90 Å². The van der Waals surface area contributed by atoms with E-state index in [-0.39, 0.29) is 35.8 Å². The molecule has 26 heavy (non-hydrogen) atoms. The number of amides is 1. The van der Waals surface area contributed by atoms with E-state index < -0.39 is 5.60 Å². The lowest BCUT2D eigenvalue weighted by atomic mass is 9.79. The minimum atomic E-state index is -1.44. The van der Waals surface area contributed by atoms with Gasteiger partial charge in [-0.3, -0.25) is 4.79 Å². The van der Waals surface area contributed by atoms with Gasteiger partial charge < -0.3 is 34.4 Å². The standard InChI is InChI=1S/C20H27N3O2.HI/c1-16-22(2)14-15-23(16)13-12-21-19(24)20(25,18-10-6-7-11-18)17-8-4-3-5-9-17;/h3-5,8-9,14-15,18,25H,6-7,10-13H2,1-2H3;1H. The number of aromatic nitrogens is 2. The molecule has 0 spiro atoms. The Morgan fingerprint density at radius 1 is 1.31 bits per heavy atom. The van der Waals surface area contributed by atoms with E-state index in [1.807, 2.05) is 61.3 Å². The minimum Gasteiger partial charge on any atom is -1.00 e. The van der Waals surface area contributed by atoms with Crippen LogP contribution in [0.15, 0.2) is 42.7 Å². The maximum atomic E-state index is 13.0. The van der Waals surface area contributed by atoms with Crippen molar-refractivity contribution in [1.82, 2.24) is 9.88 Å². The highest BCUT2D eigenvalue weighted by Crippen LogP contribution is 2.40. The number of nitrogens with one attached hydrogen (secondary N) is 1. The summed E-state index contributed by atoms with van der Waals surface area (Å²) in [5, 5.41) is 14.3. The third-order valence-corrected chi connectivity index (χ3v) is 5.54. The third kappa shape index (κ3) is 4.11. The van der Waals surface area contributed by atoms with E-state index in [1.54, 1.807) is 0 Å². The van der Waals surface area contributed by atoms with Crippen LogP contribution in [0.25, 0.3) is 0 Å². The van der Waals surface area contributed by atoms with Crippen LogP contribution in [0, 0.1) is 12.8 Å². The summed E-state index contributed by atoms with van der Waals surface area (Å²) in [4.78, 5) is 13.0. The molecule has 1 aromatic carbocycles. The number of carbonyl (C=O) groups is 1. The molecule has 5 nitrogen and oxygen atoms in total. The van der Waals surface area contributed by atoms with Crippen LogP contribution in [0.3, 0.4) is 0 Å². The Kier molecular flexibility index (Phi) is 7.23. The van der Waals surface area contributed by atoms with Crippen LogP contribution in [0.5, 0.6) is 0 Å². The number of aliphatic hydroxyl groups is 1. The topological polar surface area (TPSA) is 58.1 Å². The molecule has 1 aromatic heterocycles. The molecule has 142 valence electrons. The number of hydrogen-bond acceptors (Lipinski definition) is 2. The van der Waals surface area contributed by atoms with Crippen molar-refractivity contribution in [2.75, 3.05) is 6.54 Å². The van der Waals surface area contributed by atoms with Crippen LogP contribution in [0.1, 0.15) is 37.1 Å². The van der Waals surface area contributed by atoms with Crippen LogP contribution in [0.4, 0.5) is 0 Å². The average molecular weight is 469 g/mol. The molecule has 1 aliphatic carbocycles. The first-order chi connectivity index (χ1) is 12.0. The molecule has 0 aliphatic heterocycles. The quantitative estimate of drug-likeness (QED) is 0.414. The SMILES string of the molecule is Cc1n(CCNC(=O)C(O)(c2ccccc2)C2CCCC2)cc[n+]1C.[I-]. The van der Waals surface area contributed by atoms with Crippen LogP contribution in [0.2, 0.25) is 0 Å². The van der Waals surface area contributed by atoms with Crippen molar-refractivity contribution in [1.29, 1.82) is 0 Å². The minimum absolute atomic E-state index is 0. The monoisotopic (exact) mass is 469 g/mol. The molecule has 2 aromatic rings. The maximum Gasteiger partial charge on any atom is 0.257 e. The average Bonchev–Trinajstić information content (AvgIpc) is 3.28. The molecule has 1 heterocycles. The zero-order valence-electron chi connectivity index (χ0n) is 15.5. The van der Waals surface area contributed by atoms with Gasteiger partial charge in [-0.2, -0.15) is 0 Å². The van der Waals surface area contributed by atoms with Gasteiger partial charge in [0.05, 0.1) is 13.6 Å². The fraction of sp³-hybridized carbons (Fsp3) is 0.500. The number of carbonyl (C=O) groups excluding carboxylic acids is 1. The van der Waals surface area contributed by atoms with Gasteiger partial charge in [0.1, 0.15) is 18.9 Å². The van der Waals surface area contributed by atoms with Crippen LogP contribution >= 0.6 is 0 Å². The van der Waals surface area contributed by atoms with Crippen LogP contribution < -0.4 is 33.9 Å². The summed E-state index contributed by atoms with van der Waals surface area (Å²) in [5.74, 6) is 0.837. The molecule has 6 heteroatoms. The molecule has 3 rings (SSSR count). The Morgan fingerprint density at radius 3 is 2.54 bits per heavy atom. The molecule has 0 radical (unpaired) electrons. The number of rotatable bonds is 6. The molecular weight excluding hydrogens is 441 g/mol. The lowest BCUT2D eigenvalue weighted by Gasteiger charge is -2.33. The number of hydrogen-bond donors (Lipinski definition) is 2.